The van der Waals surface area contributed by atoms with Crippen molar-refractivity contribution in [2.45, 2.75) is 167 Å². The number of ether oxygens (including phenoxy) is 1. The minimum atomic E-state index is -4.77. The van der Waals surface area contributed by atoms with Crippen LogP contribution in [0.1, 0.15) is 155 Å². The third kappa shape index (κ3) is 37.8. The Morgan fingerprint density at radius 1 is 0.589 bits per heavy atom. The van der Waals surface area contributed by atoms with Gasteiger partial charge in [-0.3, -0.25) is 18.6 Å². The van der Waals surface area contributed by atoms with Gasteiger partial charge < -0.3 is 25.2 Å². The number of phosphoric acid groups is 1. The van der Waals surface area contributed by atoms with Crippen molar-refractivity contribution >= 4 is 25.7 Å². The molecule has 0 aliphatic rings. The quantitative estimate of drug-likeness (QED) is 0.0204. The molecular weight excluding hydrogens is 733 g/mol. The molecule has 0 spiro atoms. The summed E-state index contributed by atoms with van der Waals surface area (Å²) in [6.07, 6.45) is 45.0. The SMILES string of the molecule is CC/C=C\C/C=C\C/C=C\C/C=C\CCCCC(=O)NC(COP(=O)(O)OCC(O)COC(=O)CCCCCCCCC/C=C\C/C=C\CCCCC)C(=O)O. The van der Waals surface area contributed by atoms with Gasteiger partial charge in [-0.15, -0.1) is 0 Å². The first-order valence-corrected chi connectivity index (χ1v) is 22.5. The number of aliphatic hydroxyl groups excluding tert-OH is 1. The van der Waals surface area contributed by atoms with Crippen LogP contribution >= 0.6 is 7.82 Å². The first-order chi connectivity index (χ1) is 27.1. The van der Waals surface area contributed by atoms with Crippen molar-refractivity contribution in [3.8, 4) is 0 Å². The minimum Gasteiger partial charge on any atom is -0.480 e. The standard InChI is InChI=1S/C44H74NO10P/c1-3-5-7-9-11-13-15-17-19-20-22-24-26-28-30-32-34-36-43(48)53-37-40(46)38-54-56(51,52)55-39-41(44(49)50)45-42(47)35-33-31-29-27-25-23-21-18-16-14-12-10-8-6-4-2/h6,8,11-14,17-19,21,25,27,40-41,46H,3-5,7,9-10,15-16,20,22-24,26,28-39H2,1-2H3,(H,45,47)(H,49,50)(H,51,52)/b8-6-,13-11-,14-12-,19-17-,21-18-,27-25-. The Kier molecular flexibility index (Phi) is 36.6. The Morgan fingerprint density at radius 3 is 1.57 bits per heavy atom. The fraction of sp³-hybridized carbons (Fsp3) is 0.659. The van der Waals surface area contributed by atoms with E-state index in [9.17, 15) is 34.1 Å². The van der Waals surface area contributed by atoms with Crippen molar-refractivity contribution < 1.29 is 47.8 Å². The second-order valence-electron chi connectivity index (χ2n) is 13.8. The summed E-state index contributed by atoms with van der Waals surface area (Å²) in [5, 5.41) is 21.8. The predicted octanol–water partition coefficient (Wildman–Crippen LogP) is 10.6. The molecule has 0 aromatic rings. The van der Waals surface area contributed by atoms with Gasteiger partial charge in [-0.1, -0.05) is 132 Å². The first kappa shape index (κ1) is 52.9. The number of rotatable bonds is 38. The van der Waals surface area contributed by atoms with Gasteiger partial charge in [0.25, 0.3) is 0 Å². The smallest absolute Gasteiger partial charge is 0.472 e. The highest BCUT2D eigenvalue weighted by molar-refractivity contribution is 7.47. The summed E-state index contributed by atoms with van der Waals surface area (Å²) >= 11 is 0. The number of hydrogen-bond donors (Lipinski definition) is 4. The molecule has 0 fully saturated rings. The lowest BCUT2D eigenvalue weighted by molar-refractivity contribution is -0.147. The maximum Gasteiger partial charge on any atom is 0.472 e. The van der Waals surface area contributed by atoms with Gasteiger partial charge in [0.2, 0.25) is 5.91 Å². The summed E-state index contributed by atoms with van der Waals surface area (Å²) in [5.41, 5.74) is 0. The van der Waals surface area contributed by atoms with Crippen LogP contribution < -0.4 is 5.32 Å². The number of carboxylic acids is 1. The number of carbonyl (C=O) groups excluding carboxylic acids is 2. The number of unbranched alkanes of at least 4 members (excludes halogenated alkanes) is 12. The number of carboxylic acid groups (broad SMARTS) is 1. The summed E-state index contributed by atoms with van der Waals surface area (Å²) in [5.74, 6) is -2.45. The molecule has 4 N–H and O–H groups in total. The van der Waals surface area contributed by atoms with Gasteiger partial charge in [0, 0.05) is 12.8 Å². The number of carbonyl (C=O) groups is 3. The fourth-order valence-corrected chi connectivity index (χ4v) is 5.99. The van der Waals surface area contributed by atoms with Gasteiger partial charge in [-0.2, -0.15) is 0 Å². The number of allylic oxidation sites excluding steroid dienone is 12. The van der Waals surface area contributed by atoms with E-state index in [1.165, 1.54) is 44.9 Å². The van der Waals surface area contributed by atoms with Gasteiger partial charge in [-0.25, -0.2) is 9.36 Å². The van der Waals surface area contributed by atoms with Crippen molar-refractivity contribution in [1.29, 1.82) is 0 Å². The zero-order valence-corrected chi connectivity index (χ0v) is 35.3. The molecule has 0 saturated carbocycles. The molecule has 0 radical (unpaired) electrons. The van der Waals surface area contributed by atoms with Crippen molar-refractivity contribution in [2.75, 3.05) is 19.8 Å². The van der Waals surface area contributed by atoms with E-state index in [4.69, 9.17) is 13.8 Å². The largest absolute Gasteiger partial charge is 0.480 e. The zero-order valence-electron chi connectivity index (χ0n) is 34.4. The molecule has 0 aromatic carbocycles. The molecule has 0 aliphatic carbocycles. The molecule has 0 rings (SSSR count). The number of amides is 1. The Bertz CT molecular complexity index is 1230. The molecule has 3 unspecified atom stereocenters. The van der Waals surface area contributed by atoms with Gasteiger partial charge in [0.15, 0.2) is 6.04 Å². The zero-order chi connectivity index (χ0) is 41.4. The van der Waals surface area contributed by atoms with Crippen molar-refractivity contribution in [1.82, 2.24) is 5.32 Å². The topological polar surface area (TPSA) is 169 Å². The van der Waals surface area contributed by atoms with Crippen LogP contribution in [0.4, 0.5) is 0 Å². The summed E-state index contributed by atoms with van der Waals surface area (Å²) < 4.78 is 26.8. The molecule has 0 saturated heterocycles. The molecule has 0 aromatic heterocycles. The van der Waals surface area contributed by atoms with Gasteiger partial charge >= 0.3 is 19.8 Å². The monoisotopic (exact) mass is 808 g/mol. The predicted molar refractivity (Wildman–Crippen MR) is 226 cm³/mol. The van der Waals surface area contributed by atoms with E-state index < -0.39 is 57.6 Å². The number of aliphatic hydroxyl groups is 1. The normalized spacial score (nSPS) is 14.5. The Labute approximate surface area is 338 Å². The van der Waals surface area contributed by atoms with Crippen LogP contribution in [0.3, 0.4) is 0 Å². The lowest BCUT2D eigenvalue weighted by Gasteiger charge is -2.18. The number of aliphatic carboxylic acids is 1. The lowest BCUT2D eigenvalue weighted by Crippen LogP contribution is -2.43. The van der Waals surface area contributed by atoms with E-state index in [-0.39, 0.29) is 12.8 Å². The van der Waals surface area contributed by atoms with E-state index >= 15 is 0 Å². The third-order valence-corrected chi connectivity index (χ3v) is 9.43. The number of phosphoric ester groups is 1. The highest BCUT2D eigenvalue weighted by atomic mass is 31.2. The maximum absolute atomic E-state index is 12.3. The second-order valence-corrected chi connectivity index (χ2v) is 15.2. The van der Waals surface area contributed by atoms with Crippen LogP contribution in [0, 0.1) is 0 Å². The summed E-state index contributed by atoms with van der Waals surface area (Å²) in [4.78, 5) is 45.8. The molecule has 3 atom stereocenters. The van der Waals surface area contributed by atoms with Crippen molar-refractivity contribution in [3.63, 3.8) is 0 Å². The van der Waals surface area contributed by atoms with Gasteiger partial charge in [0.1, 0.15) is 12.7 Å². The van der Waals surface area contributed by atoms with E-state index in [0.29, 0.717) is 12.8 Å². The van der Waals surface area contributed by atoms with Crippen LogP contribution in [-0.4, -0.2) is 64.9 Å². The van der Waals surface area contributed by atoms with Crippen LogP contribution in [-0.2, 0) is 32.7 Å². The van der Waals surface area contributed by atoms with Crippen LogP contribution in [0.5, 0.6) is 0 Å². The third-order valence-electron chi connectivity index (χ3n) is 8.48. The van der Waals surface area contributed by atoms with Crippen LogP contribution in [0.2, 0.25) is 0 Å². The molecule has 0 aliphatic heterocycles. The highest BCUT2D eigenvalue weighted by Crippen LogP contribution is 2.43. The lowest BCUT2D eigenvalue weighted by atomic mass is 10.1. The van der Waals surface area contributed by atoms with Crippen molar-refractivity contribution in [2.24, 2.45) is 0 Å². The summed E-state index contributed by atoms with van der Waals surface area (Å²) in [6.45, 7) is 2.39. The Morgan fingerprint density at radius 2 is 1.04 bits per heavy atom. The van der Waals surface area contributed by atoms with E-state index in [1.807, 2.05) is 6.08 Å². The van der Waals surface area contributed by atoms with E-state index in [0.717, 1.165) is 70.6 Å². The highest BCUT2D eigenvalue weighted by Gasteiger charge is 2.28. The molecule has 0 heterocycles. The molecule has 0 bridgehead atoms. The van der Waals surface area contributed by atoms with Crippen molar-refractivity contribution in [3.05, 3.63) is 72.9 Å². The minimum absolute atomic E-state index is 0.0890. The molecule has 1 amide bonds. The van der Waals surface area contributed by atoms with E-state index in [1.54, 1.807) is 0 Å². The van der Waals surface area contributed by atoms with Gasteiger partial charge in [-0.05, 0) is 83.5 Å². The van der Waals surface area contributed by atoms with E-state index in [2.05, 4.69) is 86.0 Å². The average Bonchev–Trinajstić information content (AvgIpc) is 3.17. The first-order valence-electron chi connectivity index (χ1n) is 21.0. The molecule has 320 valence electrons. The summed E-state index contributed by atoms with van der Waals surface area (Å²) in [6, 6.07) is -1.57. The number of nitrogens with one attached hydrogen (secondary N) is 1. The molecule has 11 nitrogen and oxygen atoms in total. The number of hydrogen-bond acceptors (Lipinski definition) is 8. The average molecular weight is 808 g/mol. The molecule has 12 heteroatoms. The number of esters is 1. The Balaban J connectivity index is 3.99. The second kappa shape index (κ2) is 38.8. The molecule has 56 heavy (non-hydrogen) atoms. The summed E-state index contributed by atoms with van der Waals surface area (Å²) in [7, 11) is -4.77. The fourth-order valence-electron chi connectivity index (χ4n) is 5.22. The van der Waals surface area contributed by atoms with Crippen LogP contribution in [0.25, 0.3) is 0 Å². The molecular formula is C44H74NO10P. The maximum atomic E-state index is 12.3. The van der Waals surface area contributed by atoms with Crippen LogP contribution in [0.15, 0.2) is 72.9 Å². The van der Waals surface area contributed by atoms with Gasteiger partial charge in [0.05, 0.1) is 13.2 Å². The Hall–Kier alpha value is -3.08.